The van der Waals surface area contributed by atoms with Gasteiger partial charge in [-0.05, 0) is 6.92 Å². The Bertz CT molecular complexity index is 446. The number of nitrogens with zero attached hydrogens (tertiary/aromatic N) is 2. The van der Waals surface area contributed by atoms with Crippen molar-refractivity contribution in [2.45, 2.75) is 26.2 Å². The predicted molar refractivity (Wildman–Crippen MR) is 78.9 cm³/mol. The molecule has 0 atom stereocenters. The molecule has 1 N–H and O–H groups in total. The lowest BCUT2D eigenvalue weighted by molar-refractivity contribution is -0.143. The van der Waals surface area contributed by atoms with Crippen LogP contribution in [0.15, 0.2) is 5.38 Å². The Kier molecular flexibility index (Phi) is 7.00. The number of aryl methyl sites for hydroxylation is 1. The van der Waals surface area contributed by atoms with Gasteiger partial charge in [-0.25, -0.2) is 4.98 Å². The normalized spacial score (nSPS) is 10.2. The summed E-state index contributed by atoms with van der Waals surface area (Å²) < 4.78 is 4.86. The highest BCUT2D eigenvalue weighted by atomic mass is 32.1. The number of rotatable bonds is 8. The minimum absolute atomic E-state index is 0.0802. The monoisotopic (exact) mass is 299 g/mol. The number of ether oxygens (including phenoxy) is 1. The number of aromatic nitrogens is 1. The molecule has 0 bridgehead atoms. The highest BCUT2D eigenvalue weighted by Crippen LogP contribution is 2.16. The van der Waals surface area contributed by atoms with Gasteiger partial charge in [0.1, 0.15) is 0 Å². The average Bonchev–Trinajstić information content (AvgIpc) is 2.84. The zero-order chi connectivity index (χ0) is 15.0. The Hall–Kier alpha value is -1.63. The molecular weight excluding hydrogens is 278 g/mol. The van der Waals surface area contributed by atoms with E-state index in [1.165, 1.54) is 11.3 Å². The van der Waals surface area contributed by atoms with Gasteiger partial charge in [-0.3, -0.25) is 9.59 Å². The zero-order valence-corrected chi connectivity index (χ0v) is 13.0. The van der Waals surface area contributed by atoms with Crippen LogP contribution in [-0.2, 0) is 20.7 Å². The lowest BCUT2D eigenvalue weighted by Crippen LogP contribution is -2.23. The van der Waals surface area contributed by atoms with Gasteiger partial charge in [0.25, 0.3) is 0 Å². The fourth-order valence-corrected chi connectivity index (χ4v) is 2.24. The van der Waals surface area contributed by atoms with E-state index < -0.39 is 0 Å². The van der Waals surface area contributed by atoms with Crippen LogP contribution in [0.25, 0.3) is 0 Å². The third-order valence-corrected chi connectivity index (χ3v) is 3.41. The number of amides is 1. The second-order valence-electron chi connectivity index (χ2n) is 4.41. The molecule has 7 heteroatoms. The lowest BCUT2D eigenvalue weighted by atomic mass is 10.2. The topological polar surface area (TPSA) is 71.5 Å². The molecule has 0 aliphatic heterocycles. The molecule has 1 amide bonds. The maximum atomic E-state index is 11.4. The Balaban J connectivity index is 2.29. The van der Waals surface area contributed by atoms with Gasteiger partial charge in [0.05, 0.1) is 18.7 Å². The molecule has 0 spiro atoms. The summed E-state index contributed by atoms with van der Waals surface area (Å²) in [5.74, 6) is -0.122. The summed E-state index contributed by atoms with van der Waals surface area (Å²) in [7, 11) is 3.47. The standard InChI is InChI=1S/C13H21N3O3S/c1-4-19-12(18)6-5-10-9-20-13(15-10)14-8-7-11(17)16(2)3/h9H,4-8H2,1-3H3,(H,14,15). The van der Waals surface area contributed by atoms with Crippen molar-refractivity contribution in [1.29, 1.82) is 0 Å². The van der Waals surface area contributed by atoms with Crippen LogP contribution in [0.1, 0.15) is 25.5 Å². The fraction of sp³-hybridized carbons (Fsp3) is 0.615. The third-order valence-electron chi connectivity index (χ3n) is 2.56. The minimum atomic E-state index is -0.202. The number of thiazole rings is 1. The van der Waals surface area contributed by atoms with Crippen LogP contribution >= 0.6 is 11.3 Å². The number of hydrogen-bond acceptors (Lipinski definition) is 6. The number of anilines is 1. The third kappa shape index (κ3) is 6.01. The molecule has 1 aromatic heterocycles. The maximum absolute atomic E-state index is 11.4. The van der Waals surface area contributed by atoms with Crippen molar-refractivity contribution in [1.82, 2.24) is 9.88 Å². The maximum Gasteiger partial charge on any atom is 0.306 e. The molecule has 6 nitrogen and oxygen atoms in total. The summed E-state index contributed by atoms with van der Waals surface area (Å²) in [4.78, 5) is 28.5. The van der Waals surface area contributed by atoms with E-state index in [9.17, 15) is 9.59 Å². The van der Waals surface area contributed by atoms with Crippen LogP contribution in [0.3, 0.4) is 0 Å². The largest absolute Gasteiger partial charge is 0.466 e. The van der Waals surface area contributed by atoms with E-state index in [4.69, 9.17) is 4.74 Å². The van der Waals surface area contributed by atoms with Crippen LogP contribution in [0.5, 0.6) is 0 Å². The molecule has 0 radical (unpaired) electrons. The Morgan fingerprint density at radius 1 is 1.40 bits per heavy atom. The lowest BCUT2D eigenvalue weighted by Gasteiger charge is -2.09. The summed E-state index contributed by atoms with van der Waals surface area (Å²) in [6.45, 7) is 2.75. The summed E-state index contributed by atoms with van der Waals surface area (Å²) in [6, 6.07) is 0. The van der Waals surface area contributed by atoms with Crippen LogP contribution in [-0.4, -0.2) is 49.0 Å². The van der Waals surface area contributed by atoms with Crippen molar-refractivity contribution in [3.63, 3.8) is 0 Å². The first-order valence-corrected chi connectivity index (χ1v) is 7.45. The van der Waals surface area contributed by atoms with Crippen molar-refractivity contribution in [2.75, 3.05) is 32.6 Å². The average molecular weight is 299 g/mol. The predicted octanol–water partition coefficient (Wildman–Crippen LogP) is 1.53. The van der Waals surface area contributed by atoms with E-state index in [1.54, 1.807) is 25.9 Å². The van der Waals surface area contributed by atoms with Gasteiger partial charge in [0.15, 0.2) is 5.13 Å². The molecule has 112 valence electrons. The highest BCUT2D eigenvalue weighted by molar-refractivity contribution is 7.13. The Morgan fingerprint density at radius 3 is 2.80 bits per heavy atom. The van der Waals surface area contributed by atoms with Gasteiger partial charge in [-0.15, -0.1) is 11.3 Å². The summed E-state index contributed by atoms with van der Waals surface area (Å²) in [5, 5.41) is 5.79. The van der Waals surface area contributed by atoms with Crippen molar-refractivity contribution in [3.8, 4) is 0 Å². The molecule has 0 aliphatic carbocycles. The van der Waals surface area contributed by atoms with Crippen LogP contribution < -0.4 is 5.32 Å². The molecule has 0 fully saturated rings. The van der Waals surface area contributed by atoms with Crippen molar-refractivity contribution >= 4 is 28.3 Å². The van der Waals surface area contributed by atoms with Gasteiger partial charge >= 0.3 is 5.97 Å². The van der Waals surface area contributed by atoms with Crippen molar-refractivity contribution < 1.29 is 14.3 Å². The highest BCUT2D eigenvalue weighted by Gasteiger charge is 2.07. The second kappa shape index (κ2) is 8.52. The Labute approximate surface area is 123 Å². The first-order valence-electron chi connectivity index (χ1n) is 6.57. The summed E-state index contributed by atoms with van der Waals surface area (Å²) in [5.41, 5.74) is 0.865. The number of hydrogen-bond donors (Lipinski definition) is 1. The van der Waals surface area contributed by atoms with Gasteiger partial charge in [-0.2, -0.15) is 0 Å². The molecule has 1 aromatic rings. The first kappa shape index (κ1) is 16.4. The molecule has 0 saturated heterocycles. The van der Waals surface area contributed by atoms with Crippen molar-refractivity contribution in [2.24, 2.45) is 0 Å². The van der Waals surface area contributed by atoms with E-state index in [0.29, 0.717) is 32.4 Å². The van der Waals surface area contributed by atoms with Crippen LogP contribution in [0.2, 0.25) is 0 Å². The number of nitrogens with one attached hydrogen (secondary N) is 1. The van der Waals surface area contributed by atoms with Gasteiger partial charge in [0, 0.05) is 38.9 Å². The first-order chi connectivity index (χ1) is 9.52. The molecule has 20 heavy (non-hydrogen) atoms. The van der Waals surface area contributed by atoms with Crippen molar-refractivity contribution in [3.05, 3.63) is 11.1 Å². The van der Waals surface area contributed by atoms with Gasteiger partial charge in [0.2, 0.25) is 5.91 Å². The van der Waals surface area contributed by atoms with Gasteiger partial charge < -0.3 is 15.0 Å². The van der Waals surface area contributed by atoms with Crippen LogP contribution in [0, 0.1) is 0 Å². The molecule has 1 heterocycles. The van der Waals surface area contributed by atoms with E-state index in [-0.39, 0.29) is 11.9 Å². The number of carbonyl (C=O) groups excluding carboxylic acids is 2. The Morgan fingerprint density at radius 2 is 2.15 bits per heavy atom. The SMILES string of the molecule is CCOC(=O)CCc1csc(NCCC(=O)N(C)C)n1. The number of carbonyl (C=O) groups is 2. The number of esters is 1. The van der Waals surface area contributed by atoms with E-state index in [2.05, 4.69) is 10.3 Å². The molecule has 0 saturated carbocycles. The molecule has 0 unspecified atom stereocenters. The van der Waals surface area contributed by atoms with E-state index >= 15 is 0 Å². The summed E-state index contributed by atoms with van der Waals surface area (Å²) in [6.07, 6.45) is 1.36. The van der Waals surface area contributed by atoms with Crippen LogP contribution in [0.4, 0.5) is 5.13 Å². The zero-order valence-electron chi connectivity index (χ0n) is 12.1. The van der Waals surface area contributed by atoms with E-state index in [1.807, 2.05) is 5.38 Å². The molecular formula is C13H21N3O3S. The summed E-state index contributed by atoms with van der Waals surface area (Å²) >= 11 is 1.48. The minimum Gasteiger partial charge on any atom is -0.466 e. The molecule has 0 aromatic carbocycles. The van der Waals surface area contributed by atoms with E-state index in [0.717, 1.165) is 10.8 Å². The second-order valence-corrected chi connectivity index (χ2v) is 5.27. The molecule has 0 aliphatic rings. The fourth-order valence-electron chi connectivity index (χ4n) is 1.47. The smallest absolute Gasteiger partial charge is 0.306 e. The quantitative estimate of drug-likeness (QED) is 0.737. The molecule has 1 rings (SSSR count). The van der Waals surface area contributed by atoms with Gasteiger partial charge in [-0.1, -0.05) is 0 Å².